The molecular formula is C19H19O4-. The summed E-state index contributed by atoms with van der Waals surface area (Å²) >= 11 is 0. The molecule has 4 heteroatoms. The van der Waals surface area contributed by atoms with Crippen LogP contribution < -0.4 is 5.11 Å². The number of para-hydroxylation sites is 1. The van der Waals surface area contributed by atoms with Crippen LogP contribution in [0.25, 0.3) is 22.1 Å². The Kier molecular flexibility index (Phi) is 5.55. The molecule has 3 rings (SSSR count). The van der Waals surface area contributed by atoms with Crippen LogP contribution in [0.15, 0.2) is 52.9 Å². The largest absolute Gasteiger partial charge is 0.550 e. The topological polar surface area (TPSA) is 73.5 Å². The van der Waals surface area contributed by atoms with Gasteiger partial charge in [0.1, 0.15) is 11.3 Å². The van der Waals surface area contributed by atoms with Gasteiger partial charge in [0.05, 0.1) is 0 Å². The highest BCUT2D eigenvalue weighted by atomic mass is 16.4. The molecule has 0 fully saturated rings. The number of carbonyl (C=O) groups excluding carboxylic acids is 1. The number of aliphatic hydroxyl groups is 1. The van der Waals surface area contributed by atoms with Crippen molar-refractivity contribution in [3.63, 3.8) is 0 Å². The van der Waals surface area contributed by atoms with E-state index in [9.17, 15) is 9.90 Å². The van der Waals surface area contributed by atoms with Crippen LogP contribution in [0.3, 0.4) is 0 Å². The van der Waals surface area contributed by atoms with E-state index < -0.39 is 5.97 Å². The lowest BCUT2D eigenvalue weighted by atomic mass is 9.99. The van der Waals surface area contributed by atoms with Gasteiger partial charge < -0.3 is 19.4 Å². The van der Waals surface area contributed by atoms with Crippen molar-refractivity contribution in [1.29, 1.82) is 0 Å². The number of benzene rings is 2. The quantitative estimate of drug-likeness (QED) is 0.803. The lowest BCUT2D eigenvalue weighted by molar-refractivity contribution is -0.304. The van der Waals surface area contributed by atoms with E-state index in [4.69, 9.17) is 9.52 Å². The smallest absolute Gasteiger partial charge is 0.138 e. The molecule has 0 aliphatic rings. The first kappa shape index (κ1) is 16.8. The fraction of sp³-hybridized carbons (Fsp3) is 0.211. The molecule has 0 aliphatic carbocycles. The van der Waals surface area contributed by atoms with Crippen molar-refractivity contribution in [2.24, 2.45) is 0 Å². The predicted molar refractivity (Wildman–Crippen MR) is 87.9 cm³/mol. The Balaban J connectivity index is 0.000000924. The Morgan fingerprint density at radius 2 is 1.78 bits per heavy atom. The number of fused-ring (bicyclic) bond motifs is 1. The summed E-state index contributed by atoms with van der Waals surface area (Å²) in [5, 5.41) is 18.8. The molecular weight excluding hydrogens is 292 g/mol. The van der Waals surface area contributed by atoms with E-state index in [-0.39, 0.29) is 6.42 Å². The molecule has 1 heterocycles. The average Bonchev–Trinajstić information content (AvgIpc) is 2.97. The Hall–Kier alpha value is -2.59. The second-order valence-corrected chi connectivity index (χ2v) is 4.96. The van der Waals surface area contributed by atoms with Crippen LogP contribution in [0, 0.1) is 0 Å². The van der Waals surface area contributed by atoms with Gasteiger partial charge in [-0.2, -0.15) is 0 Å². The molecule has 1 aromatic heterocycles. The summed E-state index contributed by atoms with van der Waals surface area (Å²) in [6, 6.07) is 15.6. The lowest BCUT2D eigenvalue weighted by Crippen LogP contribution is -2.24. The fourth-order valence-electron chi connectivity index (χ4n) is 2.69. The zero-order valence-corrected chi connectivity index (χ0v) is 13.2. The minimum atomic E-state index is -1.10. The van der Waals surface area contributed by atoms with Crippen LogP contribution in [-0.2, 0) is 17.6 Å². The zero-order valence-electron chi connectivity index (χ0n) is 13.2. The van der Waals surface area contributed by atoms with Gasteiger partial charge in [0.25, 0.3) is 0 Å². The Morgan fingerprint density at radius 3 is 2.39 bits per heavy atom. The molecule has 0 bridgehead atoms. The van der Waals surface area contributed by atoms with Gasteiger partial charge in [-0.3, -0.25) is 0 Å². The second kappa shape index (κ2) is 7.61. The highest BCUT2D eigenvalue weighted by Gasteiger charge is 2.16. The molecule has 1 N–H and O–H groups in total. The lowest BCUT2D eigenvalue weighted by Gasteiger charge is -2.03. The first-order chi connectivity index (χ1) is 11.2. The van der Waals surface area contributed by atoms with Gasteiger partial charge in [-0.1, -0.05) is 55.5 Å². The number of aliphatic carboxylic acids is 1. The number of aliphatic hydroxyl groups excluding tert-OH is 1. The van der Waals surface area contributed by atoms with E-state index in [1.165, 1.54) is 0 Å². The van der Waals surface area contributed by atoms with Gasteiger partial charge in [0.15, 0.2) is 0 Å². The Morgan fingerprint density at radius 1 is 1.09 bits per heavy atom. The third kappa shape index (κ3) is 3.43. The van der Waals surface area contributed by atoms with Gasteiger partial charge in [0, 0.05) is 42.4 Å². The number of aryl methyl sites for hydroxylation is 1. The maximum Gasteiger partial charge on any atom is 0.138 e. The van der Waals surface area contributed by atoms with Gasteiger partial charge >= 0.3 is 0 Å². The number of rotatable bonds is 4. The summed E-state index contributed by atoms with van der Waals surface area (Å²) < 4.78 is 5.94. The molecule has 0 unspecified atom stereocenters. The van der Waals surface area contributed by atoms with Crippen molar-refractivity contribution < 1.29 is 19.4 Å². The molecule has 2 aromatic carbocycles. The minimum Gasteiger partial charge on any atom is -0.550 e. The van der Waals surface area contributed by atoms with Crippen molar-refractivity contribution in [2.75, 3.05) is 7.11 Å². The fourth-order valence-corrected chi connectivity index (χ4v) is 2.69. The molecule has 0 saturated carbocycles. The van der Waals surface area contributed by atoms with Gasteiger partial charge in [-0.05, 0) is 5.56 Å². The summed E-state index contributed by atoms with van der Waals surface area (Å²) in [5.41, 5.74) is 3.44. The predicted octanol–water partition coefficient (Wildman–Crippen LogP) is 2.56. The van der Waals surface area contributed by atoms with Gasteiger partial charge in [-0.15, -0.1) is 0 Å². The summed E-state index contributed by atoms with van der Waals surface area (Å²) in [4.78, 5) is 10.9. The highest BCUT2D eigenvalue weighted by Crippen LogP contribution is 2.36. The minimum absolute atomic E-state index is 0.137. The standard InChI is InChI=1S/C18H16O3.CH4O/c1-2-15-17(12-7-4-3-5-8-12)14-10-6-9-13(11-16(19)20)18(14)21-15;1-2/h3-10H,2,11H2,1H3,(H,19,20);2H,1H3/p-1. The molecule has 0 spiro atoms. The molecule has 0 atom stereocenters. The van der Waals surface area contributed by atoms with Gasteiger partial charge in [0.2, 0.25) is 0 Å². The molecule has 0 radical (unpaired) electrons. The summed E-state index contributed by atoms with van der Waals surface area (Å²) in [6.45, 7) is 2.03. The van der Waals surface area contributed by atoms with Crippen molar-refractivity contribution in [1.82, 2.24) is 0 Å². The van der Waals surface area contributed by atoms with E-state index in [0.29, 0.717) is 11.1 Å². The van der Waals surface area contributed by atoms with Crippen LogP contribution in [0.5, 0.6) is 0 Å². The van der Waals surface area contributed by atoms with E-state index in [1.807, 2.05) is 49.4 Å². The van der Waals surface area contributed by atoms with Gasteiger partial charge in [-0.25, -0.2) is 0 Å². The highest BCUT2D eigenvalue weighted by molar-refractivity contribution is 5.98. The molecule has 4 nitrogen and oxygen atoms in total. The van der Waals surface area contributed by atoms with Crippen molar-refractivity contribution in [3.05, 3.63) is 59.9 Å². The molecule has 0 aliphatic heterocycles. The number of carboxylic acid groups (broad SMARTS) is 1. The molecule has 23 heavy (non-hydrogen) atoms. The van der Waals surface area contributed by atoms with Crippen LogP contribution in [0.4, 0.5) is 0 Å². The van der Waals surface area contributed by atoms with Crippen LogP contribution in [0.2, 0.25) is 0 Å². The average molecular weight is 311 g/mol. The maximum absolute atomic E-state index is 10.9. The molecule has 0 saturated heterocycles. The van der Waals surface area contributed by atoms with Crippen molar-refractivity contribution in [3.8, 4) is 11.1 Å². The van der Waals surface area contributed by atoms with E-state index in [1.54, 1.807) is 6.07 Å². The van der Waals surface area contributed by atoms with E-state index in [2.05, 4.69) is 0 Å². The SMILES string of the molecule is CCc1oc2c(CC(=O)[O-])cccc2c1-c1ccccc1.CO. The monoisotopic (exact) mass is 311 g/mol. The maximum atomic E-state index is 10.9. The number of hydrogen-bond donors (Lipinski definition) is 1. The van der Waals surface area contributed by atoms with E-state index in [0.717, 1.165) is 35.8 Å². The van der Waals surface area contributed by atoms with Crippen molar-refractivity contribution in [2.45, 2.75) is 19.8 Å². The number of carbonyl (C=O) groups is 1. The van der Waals surface area contributed by atoms with Crippen LogP contribution in [-0.4, -0.2) is 18.2 Å². The summed E-state index contributed by atoms with van der Waals surface area (Å²) in [5.74, 6) is -0.222. The molecule has 0 amide bonds. The number of hydrogen-bond acceptors (Lipinski definition) is 4. The summed E-state index contributed by atoms with van der Waals surface area (Å²) in [6.07, 6.45) is 0.617. The van der Waals surface area contributed by atoms with E-state index >= 15 is 0 Å². The summed E-state index contributed by atoms with van der Waals surface area (Å²) in [7, 11) is 1.00. The normalized spacial score (nSPS) is 10.2. The second-order valence-electron chi connectivity index (χ2n) is 4.96. The third-order valence-electron chi connectivity index (χ3n) is 3.59. The van der Waals surface area contributed by atoms with Crippen LogP contribution >= 0.6 is 0 Å². The zero-order chi connectivity index (χ0) is 16.8. The van der Waals surface area contributed by atoms with Crippen molar-refractivity contribution >= 4 is 16.9 Å². The first-order valence-electron chi connectivity index (χ1n) is 7.44. The van der Waals surface area contributed by atoms with Crippen LogP contribution in [0.1, 0.15) is 18.2 Å². The third-order valence-corrected chi connectivity index (χ3v) is 3.59. The first-order valence-corrected chi connectivity index (χ1v) is 7.44. The molecule has 120 valence electrons. The Labute approximate surface area is 135 Å². The Bertz CT molecular complexity index is 788. The number of furan rings is 1. The molecule has 3 aromatic rings. The number of carboxylic acids is 1.